The standard InChI is InChI=1S/C17H35NS2.K.H/c1-5-9-11-15(7-3)13-18-17(19)20-14-16(8-4)12-10-6-2;;/h15-16H,5-14H2,1-4H3,(H,18,19);;. The van der Waals surface area contributed by atoms with Gasteiger partial charge in [-0.25, -0.2) is 0 Å². The van der Waals surface area contributed by atoms with Crippen molar-refractivity contribution in [2.45, 2.75) is 79.1 Å². The van der Waals surface area contributed by atoms with Crippen molar-refractivity contribution >= 4 is 79.7 Å². The van der Waals surface area contributed by atoms with Crippen molar-refractivity contribution < 1.29 is 0 Å². The Labute approximate surface area is 186 Å². The summed E-state index contributed by atoms with van der Waals surface area (Å²) in [7, 11) is 0. The van der Waals surface area contributed by atoms with Gasteiger partial charge in [-0.1, -0.05) is 90.2 Å². The Hall–Kier alpha value is 1.88. The van der Waals surface area contributed by atoms with Gasteiger partial charge in [0.15, 0.2) is 0 Å². The van der Waals surface area contributed by atoms with Crippen molar-refractivity contribution in [3.8, 4) is 0 Å². The number of rotatable bonds is 12. The summed E-state index contributed by atoms with van der Waals surface area (Å²) in [4.78, 5) is 0. The molecule has 0 fully saturated rings. The molecule has 0 amide bonds. The maximum absolute atomic E-state index is 5.46. The van der Waals surface area contributed by atoms with Crippen LogP contribution >= 0.6 is 24.0 Å². The second-order valence-corrected chi connectivity index (χ2v) is 7.51. The van der Waals surface area contributed by atoms with E-state index in [2.05, 4.69) is 33.0 Å². The Kier molecular flexibility index (Phi) is 21.8. The van der Waals surface area contributed by atoms with Crippen LogP contribution in [0.5, 0.6) is 0 Å². The first-order chi connectivity index (χ1) is 9.67. The molecule has 0 bridgehead atoms. The van der Waals surface area contributed by atoms with Gasteiger partial charge < -0.3 is 5.32 Å². The molecule has 0 aliphatic carbocycles. The minimum atomic E-state index is 0. The van der Waals surface area contributed by atoms with E-state index in [1.807, 2.05) is 11.8 Å². The molecule has 0 saturated carbocycles. The molecule has 0 heterocycles. The van der Waals surface area contributed by atoms with E-state index in [1.165, 1.54) is 57.1 Å². The third kappa shape index (κ3) is 15.2. The van der Waals surface area contributed by atoms with Crippen molar-refractivity contribution in [1.82, 2.24) is 5.32 Å². The van der Waals surface area contributed by atoms with E-state index in [0.29, 0.717) is 0 Å². The van der Waals surface area contributed by atoms with Gasteiger partial charge in [0.2, 0.25) is 0 Å². The van der Waals surface area contributed by atoms with Gasteiger partial charge in [0.05, 0.1) is 0 Å². The van der Waals surface area contributed by atoms with Crippen molar-refractivity contribution in [2.24, 2.45) is 11.8 Å². The second kappa shape index (κ2) is 18.2. The summed E-state index contributed by atoms with van der Waals surface area (Å²) in [5, 5.41) is 3.47. The number of hydrogen-bond donors (Lipinski definition) is 1. The van der Waals surface area contributed by atoms with Gasteiger partial charge in [0.1, 0.15) is 4.32 Å². The molecule has 122 valence electrons. The molecule has 1 nitrogen and oxygen atoms in total. The number of unbranched alkanes of at least 4 members (excludes halogenated alkanes) is 2. The van der Waals surface area contributed by atoms with E-state index < -0.39 is 0 Å². The summed E-state index contributed by atoms with van der Waals surface area (Å²) >= 11 is 7.32. The first kappa shape index (κ1) is 25.1. The topological polar surface area (TPSA) is 12.0 Å². The quantitative estimate of drug-likeness (QED) is 0.372. The Morgan fingerprint density at radius 1 is 0.952 bits per heavy atom. The van der Waals surface area contributed by atoms with Gasteiger partial charge in [0, 0.05) is 12.3 Å². The molecule has 1 N–H and O–H groups in total. The molecule has 0 aromatic heterocycles. The molecule has 0 aromatic carbocycles. The zero-order chi connectivity index (χ0) is 15.2. The van der Waals surface area contributed by atoms with E-state index in [4.69, 9.17) is 12.2 Å². The fraction of sp³-hybridized carbons (Fsp3) is 0.941. The van der Waals surface area contributed by atoms with Crippen molar-refractivity contribution in [2.75, 3.05) is 12.3 Å². The van der Waals surface area contributed by atoms with Crippen LogP contribution in [0.4, 0.5) is 0 Å². The van der Waals surface area contributed by atoms with E-state index in [9.17, 15) is 0 Å². The Morgan fingerprint density at radius 2 is 1.48 bits per heavy atom. The van der Waals surface area contributed by atoms with E-state index in [0.717, 1.165) is 22.7 Å². The number of thioether (sulfide) groups is 1. The first-order valence-electron chi connectivity index (χ1n) is 8.58. The Balaban J connectivity index is 0. The molecule has 0 spiro atoms. The van der Waals surface area contributed by atoms with Crippen LogP contribution < -0.4 is 5.32 Å². The van der Waals surface area contributed by atoms with Gasteiger partial charge in [-0.2, -0.15) is 0 Å². The van der Waals surface area contributed by atoms with Crippen molar-refractivity contribution in [3.05, 3.63) is 0 Å². The van der Waals surface area contributed by atoms with Crippen LogP contribution in [0.2, 0.25) is 0 Å². The van der Waals surface area contributed by atoms with Gasteiger partial charge >= 0.3 is 51.4 Å². The van der Waals surface area contributed by atoms with Gasteiger partial charge in [-0.05, 0) is 24.7 Å². The molecule has 0 aliphatic heterocycles. The zero-order valence-electron chi connectivity index (χ0n) is 14.0. The van der Waals surface area contributed by atoms with Gasteiger partial charge in [-0.3, -0.25) is 0 Å². The van der Waals surface area contributed by atoms with Crippen LogP contribution in [0.3, 0.4) is 0 Å². The summed E-state index contributed by atoms with van der Waals surface area (Å²) in [6.45, 7) is 10.2. The monoisotopic (exact) mass is 357 g/mol. The van der Waals surface area contributed by atoms with Gasteiger partial charge in [0.25, 0.3) is 0 Å². The fourth-order valence-corrected chi connectivity index (χ4v) is 3.58. The molecule has 0 radical (unpaired) electrons. The van der Waals surface area contributed by atoms with Crippen molar-refractivity contribution in [3.63, 3.8) is 0 Å². The van der Waals surface area contributed by atoms with Crippen LogP contribution in [0, 0.1) is 11.8 Å². The number of hydrogen-bond acceptors (Lipinski definition) is 2. The first-order valence-corrected chi connectivity index (χ1v) is 9.97. The molecule has 0 aliphatic rings. The maximum atomic E-state index is 5.46. The van der Waals surface area contributed by atoms with E-state index in [1.54, 1.807) is 0 Å². The molecule has 0 saturated heterocycles. The van der Waals surface area contributed by atoms with Crippen LogP contribution in [-0.2, 0) is 0 Å². The molecule has 0 aromatic rings. The predicted molar refractivity (Wildman–Crippen MR) is 107 cm³/mol. The SMILES string of the molecule is CCCCC(CC)CNC(=S)SCC(CC)CCCC.[KH]. The van der Waals surface area contributed by atoms with E-state index in [-0.39, 0.29) is 51.4 Å². The predicted octanol–water partition coefficient (Wildman–Crippen LogP) is 5.38. The zero-order valence-corrected chi connectivity index (χ0v) is 15.7. The van der Waals surface area contributed by atoms with Crippen LogP contribution in [0.1, 0.15) is 79.1 Å². The average Bonchev–Trinajstić information content (AvgIpc) is 2.47. The number of nitrogens with one attached hydrogen (secondary N) is 1. The molecule has 0 rings (SSSR count). The van der Waals surface area contributed by atoms with Gasteiger partial charge in [-0.15, -0.1) is 0 Å². The molecule has 4 heteroatoms. The number of thiocarbonyl (C=S) groups is 1. The Bertz CT molecular complexity index is 215. The minimum absolute atomic E-state index is 0. The Morgan fingerprint density at radius 3 is 1.95 bits per heavy atom. The fourth-order valence-electron chi connectivity index (χ4n) is 2.31. The second-order valence-electron chi connectivity index (χ2n) is 5.81. The molecule has 2 atom stereocenters. The normalized spacial score (nSPS) is 13.3. The third-order valence-corrected chi connectivity index (χ3v) is 5.61. The van der Waals surface area contributed by atoms with E-state index >= 15 is 0 Å². The molecule has 2 unspecified atom stereocenters. The summed E-state index contributed by atoms with van der Waals surface area (Å²) in [5.41, 5.74) is 0. The summed E-state index contributed by atoms with van der Waals surface area (Å²) in [6.07, 6.45) is 10.5. The van der Waals surface area contributed by atoms with Crippen LogP contribution in [-0.4, -0.2) is 68.0 Å². The van der Waals surface area contributed by atoms with Crippen LogP contribution in [0.15, 0.2) is 0 Å². The molecule has 21 heavy (non-hydrogen) atoms. The summed E-state index contributed by atoms with van der Waals surface area (Å²) < 4.78 is 1.01. The summed E-state index contributed by atoms with van der Waals surface area (Å²) in [5.74, 6) is 2.81. The molecular formula is C17H36KNS2. The average molecular weight is 358 g/mol. The summed E-state index contributed by atoms with van der Waals surface area (Å²) in [6, 6.07) is 0. The third-order valence-electron chi connectivity index (χ3n) is 4.07. The molecular weight excluding hydrogens is 321 g/mol. The van der Waals surface area contributed by atoms with Crippen molar-refractivity contribution in [1.29, 1.82) is 0 Å². The van der Waals surface area contributed by atoms with Crippen LogP contribution in [0.25, 0.3) is 0 Å².